The van der Waals surface area contributed by atoms with Gasteiger partial charge in [-0.05, 0) is 51.0 Å². The van der Waals surface area contributed by atoms with Gasteiger partial charge in [0.1, 0.15) is 41.4 Å². The highest BCUT2D eigenvalue weighted by molar-refractivity contribution is 5.92. The molecule has 4 fully saturated rings. The second-order valence-corrected chi connectivity index (χ2v) is 14.5. The molecule has 5 aliphatic rings. The number of fused-ring (bicyclic) bond motifs is 4. The molecule has 0 amide bonds. The van der Waals surface area contributed by atoms with Crippen LogP contribution in [-0.4, -0.2) is 97.9 Å². The number of ether oxygens (including phenoxy) is 4. The number of epoxide rings is 1. The molecule has 3 aliphatic heterocycles. The van der Waals surface area contributed by atoms with Crippen molar-refractivity contribution in [3.8, 4) is 0 Å². The molecule has 1 spiro atoms. The number of cyclic esters (lactones) is 1. The molecule has 13 atom stereocenters. The van der Waals surface area contributed by atoms with Gasteiger partial charge < -0.3 is 48.9 Å². The molecule has 2 saturated heterocycles. The van der Waals surface area contributed by atoms with Gasteiger partial charge in [0.25, 0.3) is 0 Å². The van der Waals surface area contributed by atoms with Gasteiger partial charge in [0.15, 0.2) is 12.4 Å². The number of esters is 1. The summed E-state index contributed by atoms with van der Waals surface area (Å²) in [6.07, 6.45) is -3.67. The molecule has 248 valence electrons. The van der Waals surface area contributed by atoms with Gasteiger partial charge in [0, 0.05) is 29.4 Å². The molecule has 2 saturated carbocycles. The van der Waals surface area contributed by atoms with Crippen molar-refractivity contribution in [1.29, 1.82) is 0 Å². The van der Waals surface area contributed by atoms with Crippen LogP contribution in [0.5, 0.6) is 0 Å². The first kappa shape index (κ1) is 32.3. The summed E-state index contributed by atoms with van der Waals surface area (Å²) < 4.78 is 29.5. The fourth-order valence-corrected chi connectivity index (χ4v) is 9.67. The number of carboxylic acids is 1. The van der Waals surface area contributed by atoms with Crippen LogP contribution in [0, 0.1) is 28.1 Å². The lowest BCUT2D eigenvalue weighted by Gasteiger charge is -2.64. The van der Waals surface area contributed by atoms with E-state index in [0.29, 0.717) is 12.0 Å². The lowest BCUT2D eigenvalue weighted by molar-refractivity contribution is -0.328. The molecule has 13 nitrogen and oxygen atoms in total. The van der Waals surface area contributed by atoms with Crippen LogP contribution < -0.4 is 0 Å². The predicted molar refractivity (Wildman–Crippen MR) is 151 cm³/mol. The fourth-order valence-electron chi connectivity index (χ4n) is 9.67. The van der Waals surface area contributed by atoms with Crippen LogP contribution in [0.1, 0.15) is 65.5 Å². The Morgan fingerprint density at radius 3 is 2.38 bits per heavy atom. The number of carbonyl (C=O) groups excluding carboxylic acids is 2. The summed E-state index contributed by atoms with van der Waals surface area (Å²) in [5.41, 5.74) is -5.57. The molecule has 0 radical (unpaired) electrons. The Morgan fingerprint density at radius 2 is 1.78 bits per heavy atom. The molecule has 1 aromatic heterocycles. The van der Waals surface area contributed by atoms with Gasteiger partial charge in [-0.25, -0.2) is 9.59 Å². The molecule has 6 rings (SSSR count). The average Bonchev–Trinajstić information content (AvgIpc) is 3.56. The summed E-state index contributed by atoms with van der Waals surface area (Å²) in [4.78, 5) is 40.0. The Hall–Kier alpha value is -2.65. The van der Waals surface area contributed by atoms with E-state index in [1.165, 1.54) is 18.6 Å². The highest BCUT2D eigenvalue weighted by Crippen LogP contribution is 2.77. The molecule has 1 aromatic rings. The van der Waals surface area contributed by atoms with E-state index >= 15 is 0 Å². The van der Waals surface area contributed by atoms with Crippen molar-refractivity contribution >= 4 is 17.7 Å². The van der Waals surface area contributed by atoms with Crippen LogP contribution in [0.4, 0.5) is 0 Å². The zero-order chi connectivity index (χ0) is 32.9. The van der Waals surface area contributed by atoms with Crippen molar-refractivity contribution in [2.24, 2.45) is 28.1 Å². The highest BCUT2D eigenvalue weighted by atomic mass is 16.7. The van der Waals surface area contributed by atoms with Crippen molar-refractivity contribution in [2.75, 3.05) is 6.61 Å². The molecule has 0 aromatic carbocycles. The molecule has 0 unspecified atom stereocenters. The maximum atomic E-state index is 14.6. The summed E-state index contributed by atoms with van der Waals surface area (Å²) >= 11 is 0. The van der Waals surface area contributed by atoms with Gasteiger partial charge in [-0.1, -0.05) is 19.9 Å². The van der Waals surface area contributed by atoms with E-state index in [1.807, 2.05) is 6.92 Å². The number of allylic oxidation sites excluding steroid dienone is 1. The van der Waals surface area contributed by atoms with Crippen molar-refractivity contribution in [3.63, 3.8) is 0 Å². The first-order valence-corrected chi connectivity index (χ1v) is 15.3. The summed E-state index contributed by atoms with van der Waals surface area (Å²) in [6, 6.07) is 1.61. The number of rotatable bonds is 6. The predicted octanol–water partition coefficient (Wildman–Crippen LogP) is 1.27. The molecule has 13 heteroatoms. The summed E-state index contributed by atoms with van der Waals surface area (Å²) in [6.45, 7) is 8.42. The van der Waals surface area contributed by atoms with E-state index in [0.717, 1.165) is 0 Å². The third-order valence-electron chi connectivity index (χ3n) is 11.9. The first-order chi connectivity index (χ1) is 21.0. The molecule has 45 heavy (non-hydrogen) atoms. The largest absolute Gasteiger partial charge is 0.479 e. The monoisotopic (exact) mass is 634 g/mol. The van der Waals surface area contributed by atoms with Crippen LogP contribution in [0.15, 0.2) is 35.2 Å². The number of aliphatic hydroxyl groups excluding tert-OH is 4. The normalized spacial score (nSPS) is 47.8. The summed E-state index contributed by atoms with van der Waals surface area (Å²) in [5, 5.41) is 51.9. The standard InChI is InChI=1S/C32H42O13/c1-28(2)18-12-19(34)31(5)17(29(18,3)9-7-20(35)44-28)6-10-30(4,32(31)25(45-32)26(39)40)24(15-8-11-41-14-15)43-27-23(38)22(37)21(36)16(13-33)42-27/h7-9,11,14,16-18,21-25,27,33,36-38H,6,10,12-13H2,1-5H3,(H,39,40)/t16-,17-,18+,21-,22+,23-,24+,25-,27+,29-,30+,31+,32-/m1/s1. The minimum atomic E-state index is -1.73. The number of hydrogen-bond donors (Lipinski definition) is 5. The lowest BCUT2D eigenvalue weighted by Crippen LogP contribution is -2.70. The zero-order valence-corrected chi connectivity index (χ0v) is 25.9. The minimum Gasteiger partial charge on any atom is -0.479 e. The van der Waals surface area contributed by atoms with Gasteiger partial charge >= 0.3 is 11.9 Å². The maximum Gasteiger partial charge on any atom is 0.335 e. The van der Waals surface area contributed by atoms with Crippen LogP contribution in [-0.2, 0) is 33.3 Å². The van der Waals surface area contributed by atoms with Crippen LogP contribution in [0.25, 0.3) is 0 Å². The minimum absolute atomic E-state index is 0.00555. The number of ketones is 1. The molecular weight excluding hydrogens is 592 g/mol. The summed E-state index contributed by atoms with van der Waals surface area (Å²) in [7, 11) is 0. The first-order valence-electron chi connectivity index (χ1n) is 15.3. The van der Waals surface area contributed by atoms with E-state index < -0.39 is 101 Å². The Balaban J connectivity index is 1.48. The Bertz CT molecular complexity index is 1390. The van der Waals surface area contributed by atoms with Gasteiger partial charge in [-0.2, -0.15) is 0 Å². The lowest BCUT2D eigenvalue weighted by atomic mass is 9.38. The van der Waals surface area contributed by atoms with E-state index in [4.69, 9.17) is 23.4 Å². The second kappa shape index (κ2) is 10.4. The van der Waals surface area contributed by atoms with Crippen LogP contribution in [0.2, 0.25) is 0 Å². The Morgan fingerprint density at radius 1 is 1.07 bits per heavy atom. The quantitative estimate of drug-likeness (QED) is 0.221. The Kier molecular flexibility index (Phi) is 7.48. The molecule has 4 heterocycles. The number of carbonyl (C=O) groups is 3. The van der Waals surface area contributed by atoms with Crippen molar-refractivity contribution < 1.29 is 63.3 Å². The fraction of sp³-hybridized carbons (Fsp3) is 0.719. The number of hydrogen-bond acceptors (Lipinski definition) is 12. The van der Waals surface area contributed by atoms with Crippen LogP contribution >= 0.6 is 0 Å². The van der Waals surface area contributed by atoms with Crippen molar-refractivity contribution in [3.05, 3.63) is 36.3 Å². The third-order valence-corrected chi connectivity index (χ3v) is 11.9. The number of furan rings is 1. The third kappa shape index (κ3) is 4.28. The van der Waals surface area contributed by atoms with Gasteiger partial charge in [-0.15, -0.1) is 0 Å². The van der Waals surface area contributed by atoms with E-state index in [1.54, 1.807) is 39.8 Å². The number of Topliss-reactive ketones (excluding diaryl/α,β-unsaturated/α-hetero) is 1. The van der Waals surface area contributed by atoms with Gasteiger partial charge in [0.2, 0.25) is 0 Å². The Labute approximate surface area is 260 Å². The molecule has 0 bridgehead atoms. The second-order valence-electron chi connectivity index (χ2n) is 14.5. The van der Waals surface area contributed by atoms with Crippen molar-refractivity contribution in [1.82, 2.24) is 0 Å². The van der Waals surface area contributed by atoms with Crippen molar-refractivity contribution in [2.45, 2.75) is 108 Å². The van der Waals surface area contributed by atoms with Crippen LogP contribution in [0.3, 0.4) is 0 Å². The summed E-state index contributed by atoms with van der Waals surface area (Å²) in [5.74, 6) is -2.84. The molecule has 5 N–H and O–H groups in total. The van der Waals surface area contributed by atoms with E-state index in [2.05, 4.69) is 0 Å². The highest BCUT2D eigenvalue weighted by Gasteiger charge is 2.86. The van der Waals surface area contributed by atoms with Gasteiger partial charge in [-0.3, -0.25) is 4.79 Å². The maximum absolute atomic E-state index is 14.6. The SMILES string of the molecule is CC1(C)OC(=O)C=C[C@]2(C)[C@H]3CC[C@@](C)([C@@H](O[C@@H]4O[C@H](CO)[C@@H](O)[C@H](O)[C@H]4O)c4ccoc4)[C@@]4(O[C@@H]4C(=O)O)[C@]3(C)C(=O)C[C@@H]12. The van der Waals surface area contributed by atoms with E-state index in [-0.39, 0.29) is 18.6 Å². The van der Waals surface area contributed by atoms with E-state index in [9.17, 15) is 39.9 Å². The number of aliphatic carboxylic acids is 1. The topological polar surface area (TPSA) is 206 Å². The smallest absolute Gasteiger partial charge is 0.335 e. The molecule has 2 aliphatic carbocycles. The zero-order valence-electron chi connectivity index (χ0n) is 25.9. The number of carboxylic acid groups (broad SMARTS) is 1. The number of aliphatic hydroxyl groups is 4. The average molecular weight is 635 g/mol. The molecular formula is C32H42O13. The van der Waals surface area contributed by atoms with Gasteiger partial charge in [0.05, 0.1) is 30.7 Å².